The third-order valence-electron chi connectivity index (χ3n) is 6.82. The topological polar surface area (TPSA) is 65.2 Å². The van der Waals surface area contributed by atoms with Gasteiger partial charge in [0.1, 0.15) is 0 Å². The average molecular weight is 464 g/mol. The van der Waals surface area contributed by atoms with E-state index in [9.17, 15) is 9.59 Å². The van der Waals surface area contributed by atoms with Crippen molar-refractivity contribution >= 4 is 34.5 Å². The Morgan fingerprint density at radius 2 is 1.85 bits per heavy atom. The van der Waals surface area contributed by atoms with Gasteiger partial charge in [-0.05, 0) is 62.1 Å². The molecule has 0 aliphatic heterocycles. The number of thioether (sulfide) groups is 1. The summed E-state index contributed by atoms with van der Waals surface area (Å²) >= 11 is 1.45. The fraction of sp³-hybridized carbons (Fsp3) is 0.407. The van der Waals surface area contributed by atoms with E-state index < -0.39 is 0 Å². The Kier molecular flexibility index (Phi) is 7.43. The number of carbonyl (C=O) groups is 2. The minimum Gasteiger partial charge on any atom is -0.358 e. The Labute approximate surface area is 200 Å². The Balaban J connectivity index is 1.37. The molecule has 174 valence electrons. The smallest absolute Gasteiger partial charge is 0.252 e. The van der Waals surface area contributed by atoms with Crippen molar-refractivity contribution in [3.8, 4) is 0 Å². The number of aryl methyl sites for hydroxylation is 2. The van der Waals surface area contributed by atoms with Crippen molar-refractivity contribution in [1.29, 1.82) is 0 Å². The first-order chi connectivity index (χ1) is 15.9. The minimum absolute atomic E-state index is 0.117. The molecule has 0 bridgehead atoms. The number of nitrogens with zero attached hydrogens (tertiary/aromatic N) is 1. The first-order valence-corrected chi connectivity index (χ1v) is 12.8. The second kappa shape index (κ2) is 10.5. The Bertz CT molecular complexity index is 1150. The van der Waals surface area contributed by atoms with Crippen LogP contribution in [0.5, 0.6) is 0 Å². The predicted molar refractivity (Wildman–Crippen MR) is 136 cm³/mol. The maximum atomic E-state index is 13.0. The number of aromatic amines is 1. The van der Waals surface area contributed by atoms with Gasteiger partial charge in [-0.25, -0.2) is 0 Å². The van der Waals surface area contributed by atoms with Crippen LogP contribution in [0.1, 0.15) is 59.3 Å². The number of hydrogen-bond acceptors (Lipinski definition) is 3. The zero-order valence-electron chi connectivity index (χ0n) is 19.7. The molecule has 1 aromatic heterocycles. The van der Waals surface area contributed by atoms with E-state index in [-0.39, 0.29) is 11.8 Å². The monoisotopic (exact) mass is 463 g/mol. The maximum Gasteiger partial charge on any atom is 0.252 e. The highest BCUT2D eigenvalue weighted by Gasteiger charge is 2.22. The molecule has 0 radical (unpaired) electrons. The van der Waals surface area contributed by atoms with Crippen molar-refractivity contribution in [2.75, 3.05) is 12.8 Å². The van der Waals surface area contributed by atoms with Crippen molar-refractivity contribution in [2.45, 2.75) is 63.4 Å². The van der Waals surface area contributed by atoms with Crippen LogP contribution < -0.4 is 5.32 Å². The maximum absolute atomic E-state index is 13.0. The van der Waals surface area contributed by atoms with Gasteiger partial charge in [0.25, 0.3) is 5.91 Å². The Morgan fingerprint density at radius 3 is 2.64 bits per heavy atom. The highest BCUT2D eigenvalue weighted by molar-refractivity contribution is 8.00. The molecular formula is C27H33N3O2S. The average Bonchev–Trinajstić information content (AvgIpc) is 3.14. The summed E-state index contributed by atoms with van der Waals surface area (Å²) in [5.41, 5.74) is 5.20. The molecule has 4 rings (SSSR count). The summed E-state index contributed by atoms with van der Waals surface area (Å²) in [7, 11) is 1.92. The summed E-state index contributed by atoms with van der Waals surface area (Å²) in [4.78, 5) is 31.9. The van der Waals surface area contributed by atoms with E-state index in [4.69, 9.17) is 0 Å². The SMILES string of the molecule is Cc1[nH]c2ccc(CNC(=O)c3ccccc3SCC(=O)N(C)C3CCCCC3)cc2c1C. The number of amides is 2. The van der Waals surface area contributed by atoms with Gasteiger partial charge in [0, 0.05) is 41.1 Å². The molecule has 1 aliphatic carbocycles. The minimum atomic E-state index is -0.117. The zero-order chi connectivity index (χ0) is 23.4. The van der Waals surface area contributed by atoms with Crippen LogP contribution in [0.25, 0.3) is 10.9 Å². The van der Waals surface area contributed by atoms with Gasteiger partial charge in [-0.15, -0.1) is 11.8 Å². The van der Waals surface area contributed by atoms with Crippen molar-refractivity contribution in [3.63, 3.8) is 0 Å². The number of carbonyl (C=O) groups excluding carboxylic acids is 2. The number of hydrogen-bond donors (Lipinski definition) is 2. The molecule has 1 saturated carbocycles. The van der Waals surface area contributed by atoms with Crippen molar-refractivity contribution < 1.29 is 9.59 Å². The number of benzene rings is 2. The van der Waals surface area contributed by atoms with Crippen molar-refractivity contribution in [3.05, 3.63) is 64.8 Å². The molecule has 1 heterocycles. The van der Waals surface area contributed by atoms with Gasteiger partial charge in [-0.1, -0.05) is 37.5 Å². The molecule has 0 atom stereocenters. The zero-order valence-corrected chi connectivity index (χ0v) is 20.6. The van der Waals surface area contributed by atoms with Crippen LogP contribution >= 0.6 is 11.8 Å². The molecule has 2 N–H and O–H groups in total. The third kappa shape index (κ3) is 5.44. The van der Waals surface area contributed by atoms with Crippen LogP contribution in [0.3, 0.4) is 0 Å². The van der Waals surface area contributed by atoms with Gasteiger partial charge in [0.05, 0.1) is 11.3 Å². The van der Waals surface area contributed by atoms with Crippen LogP contribution in [0.2, 0.25) is 0 Å². The Hall–Kier alpha value is -2.73. The van der Waals surface area contributed by atoms with E-state index in [0.717, 1.165) is 28.8 Å². The molecule has 3 aromatic rings. The summed E-state index contributed by atoms with van der Waals surface area (Å²) in [6.07, 6.45) is 5.87. The van der Waals surface area contributed by atoms with E-state index in [1.807, 2.05) is 42.3 Å². The summed E-state index contributed by atoms with van der Waals surface area (Å²) in [5, 5.41) is 4.24. The summed E-state index contributed by atoms with van der Waals surface area (Å²) < 4.78 is 0. The number of H-pyrrole nitrogens is 1. The molecule has 2 aromatic carbocycles. The van der Waals surface area contributed by atoms with Gasteiger partial charge in [0.15, 0.2) is 0 Å². The fourth-order valence-corrected chi connectivity index (χ4v) is 5.56. The lowest BCUT2D eigenvalue weighted by Crippen LogP contribution is -2.39. The summed E-state index contributed by atoms with van der Waals surface area (Å²) in [6, 6.07) is 14.1. The number of nitrogens with one attached hydrogen (secondary N) is 2. The molecule has 0 unspecified atom stereocenters. The molecule has 1 fully saturated rings. The van der Waals surface area contributed by atoms with Crippen LogP contribution in [0, 0.1) is 13.8 Å². The van der Waals surface area contributed by atoms with Crippen LogP contribution in [-0.4, -0.2) is 40.5 Å². The van der Waals surface area contributed by atoms with Crippen LogP contribution in [-0.2, 0) is 11.3 Å². The standard InChI is InChI=1S/C27H33N3O2S/c1-18-19(2)29-24-14-13-20(15-23(18)24)16-28-27(32)22-11-7-8-12-25(22)33-17-26(31)30(3)21-9-5-4-6-10-21/h7-8,11-15,21,29H,4-6,9-10,16-17H2,1-3H3,(H,28,32). The second-order valence-corrected chi connectivity index (χ2v) is 10.0. The lowest BCUT2D eigenvalue weighted by molar-refractivity contribution is -0.129. The quantitative estimate of drug-likeness (QED) is 0.449. The number of aromatic nitrogens is 1. The highest BCUT2D eigenvalue weighted by Crippen LogP contribution is 2.26. The lowest BCUT2D eigenvalue weighted by Gasteiger charge is -2.31. The van der Waals surface area contributed by atoms with E-state index in [1.165, 1.54) is 47.7 Å². The van der Waals surface area contributed by atoms with Crippen molar-refractivity contribution in [1.82, 2.24) is 15.2 Å². The molecule has 1 aliphatic rings. The lowest BCUT2D eigenvalue weighted by atomic mass is 9.94. The van der Waals surface area contributed by atoms with E-state index in [1.54, 1.807) is 0 Å². The van der Waals surface area contributed by atoms with Crippen LogP contribution in [0.4, 0.5) is 0 Å². The van der Waals surface area contributed by atoms with E-state index in [0.29, 0.717) is 23.9 Å². The van der Waals surface area contributed by atoms with E-state index in [2.05, 4.69) is 36.3 Å². The van der Waals surface area contributed by atoms with Gasteiger partial charge in [0.2, 0.25) is 5.91 Å². The molecule has 6 heteroatoms. The molecule has 2 amide bonds. The molecule has 33 heavy (non-hydrogen) atoms. The predicted octanol–water partition coefficient (Wildman–Crippen LogP) is 5.60. The Morgan fingerprint density at radius 1 is 1.09 bits per heavy atom. The molecule has 0 saturated heterocycles. The largest absolute Gasteiger partial charge is 0.358 e. The number of fused-ring (bicyclic) bond motifs is 1. The summed E-state index contributed by atoms with van der Waals surface area (Å²) in [5.74, 6) is 0.362. The number of rotatable bonds is 7. The fourth-order valence-electron chi connectivity index (χ4n) is 4.59. The molecular weight excluding hydrogens is 430 g/mol. The van der Waals surface area contributed by atoms with Crippen LogP contribution in [0.15, 0.2) is 47.4 Å². The van der Waals surface area contributed by atoms with Crippen molar-refractivity contribution in [2.24, 2.45) is 0 Å². The van der Waals surface area contributed by atoms with Gasteiger partial charge in [-0.2, -0.15) is 0 Å². The van der Waals surface area contributed by atoms with Gasteiger partial charge >= 0.3 is 0 Å². The third-order valence-corrected chi connectivity index (χ3v) is 7.88. The van der Waals surface area contributed by atoms with Gasteiger partial charge in [-0.3, -0.25) is 9.59 Å². The first kappa shape index (κ1) is 23.4. The normalized spacial score (nSPS) is 14.4. The highest BCUT2D eigenvalue weighted by atomic mass is 32.2. The second-order valence-electron chi connectivity index (χ2n) is 9.02. The van der Waals surface area contributed by atoms with Gasteiger partial charge < -0.3 is 15.2 Å². The van der Waals surface area contributed by atoms with E-state index >= 15 is 0 Å². The first-order valence-electron chi connectivity index (χ1n) is 11.8. The molecule has 5 nitrogen and oxygen atoms in total. The molecule has 0 spiro atoms. The summed E-state index contributed by atoms with van der Waals surface area (Å²) in [6.45, 7) is 4.64.